The normalized spacial score (nSPS) is 12.4. The number of hydrogen-bond donors (Lipinski definition) is 0. The Bertz CT molecular complexity index is 180. The lowest BCUT2D eigenvalue weighted by Gasteiger charge is -2.11. The third-order valence-electron chi connectivity index (χ3n) is 2.96. The largest absolute Gasteiger partial charge is 0.342 e. The van der Waals surface area contributed by atoms with Gasteiger partial charge in [0.15, 0.2) is 0 Å². The summed E-state index contributed by atoms with van der Waals surface area (Å²) in [5, 5.41) is 0. The number of hydrogen-bond acceptors (Lipinski definition) is 3. The van der Waals surface area contributed by atoms with Crippen LogP contribution in [0.25, 0.3) is 0 Å². The fourth-order valence-electron chi connectivity index (χ4n) is 1.82. The van der Waals surface area contributed by atoms with Crippen molar-refractivity contribution in [3.63, 3.8) is 0 Å². The molecule has 0 saturated heterocycles. The van der Waals surface area contributed by atoms with Gasteiger partial charge in [0.05, 0.1) is 13.0 Å². The summed E-state index contributed by atoms with van der Waals surface area (Å²) in [7, 11) is 0. The molecule has 3 heteroatoms. The third kappa shape index (κ3) is 10.3. The monoisotopic (exact) mass is 244 g/mol. The fourth-order valence-corrected chi connectivity index (χ4v) is 1.82. The Hall–Kier alpha value is -0.570. The topological polar surface area (TPSA) is 35.5 Å². The molecule has 0 amide bonds. The molecule has 0 aromatic rings. The molecule has 0 spiro atoms. The second kappa shape index (κ2) is 11.9. The highest BCUT2D eigenvalue weighted by Crippen LogP contribution is 2.15. The van der Waals surface area contributed by atoms with Gasteiger partial charge in [-0.1, -0.05) is 59.3 Å². The molecule has 0 heterocycles. The van der Waals surface area contributed by atoms with E-state index in [-0.39, 0.29) is 5.97 Å². The van der Waals surface area contributed by atoms with E-state index in [9.17, 15) is 4.79 Å². The summed E-state index contributed by atoms with van der Waals surface area (Å²) in [6.07, 6.45) is 8.24. The van der Waals surface area contributed by atoms with Gasteiger partial charge < -0.3 is 0 Å². The van der Waals surface area contributed by atoms with Crippen LogP contribution in [0.1, 0.15) is 72.1 Å². The molecule has 17 heavy (non-hydrogen) atoms. The SMILES string of the molecule is CCCCCCOOC(=O)CC(CC)CCC. The molecule has 0 aliphatic rings. The highest BCUT2D eigenvalue weighted by atomic mass is 17.2. The summed E-state index contributed by atoms with van der Waals surface area (Å²) in [5.41, 5.74) is 0. The Balaban J connectivity index is 3.44. The molecule has 0 aliphatic carbocycles. The molecular weight excluding hydrogens is 216 g/mol. The second-order valence-electron chi connectivity index (χ2n) is 4.61. The van der Waals surface area contributed by atoms with Crippen molar-refractivity contribution in [2.24, 2.45) is 5.92 Å². The zero-order valence-corrected chi connectivity index (χ0v) is 11.7. The van der Waals surface area contributed by atoms with Crippen molar-refractivity contribution in [2.75, 3.05) is 6.61 Å². The lowest BCUT2D eigenvalue weighted by Crippen LogP contribution is -2.12. The summed E-state index contributed by atoms with van der Waals surface area (Å²) >= 11 is 0. The maximum absolute atomic E-state index is 11.4. The van der Waals surface area contributed by atoms with Gasteiger partial charge in [0.25, 0.3) is 0 Å². The smallest absolute Gasteiger partial charge is 0.298 e. The molecule has 3 nitrogen and oxygen atoms in total. The predicted molar refractivity (Wildman–Crippen MR) is 69.5 cm³/mol. The molecule has 1 atom stereocenters. The second-order valence-corrected chi connectivity index (χ2v) is 4.61. The molecule has 0 aliphatic heterocycles. The van der Waals surface area contributed by atoms with Crippen molar-refractivity contribution < 1.29 is 14.6 Å². The Morgan fingerprint density at radius 3 is 2.41 bits per heavy atom. The minimum Gasteiger partial charge on any atom is -0.298 e. The van der Waals surface area contributed by atoms with Crippen molar-refractivity contribution >= 4 is 5.97 Å². The predicted octanol–water partition coefficient (Wildman–Crippen LogP) is 4.26. The van der Waals surface area contributed by atoms with Crippen LogP contribution in [-0.4, -0.2) is 12.6 Å². The van der Waals surface area contributed by atoms with Gasteiger partial charge >= 0.3 is 5.97 Å². The lowest BCUT2D eigenvalue weighted by atomic mass is 9.97. The van der Waals surface area contributed by atoms with Crippen molar-refractivity contribution in [1.82, 2.24) is 0 Å². The van der Waals surface area contributed by atoms with Crippen molar-refractivity contribution in [2.45, 2.75) is 72.1 Å². The molecular formula is C14H28O3. The van der Waals surface area contributed by atoms with Gasteiger partial charge in [-0.05, 0) is 12.3 Å². The highest BCUT2D eigenvalue weighted by Gasteiger charge is 2.13. The van der Waals surface area contributed by atoms with Gasteiger partial charge in [-0.2, -0.15) is 4.89 Å². The molecule has 0 saturated carbocycles. The Morgan fingerprint density at radius 2 is 1.82 bits per heavy atom. The number of carbonyl (C=O) groups is 1. The molecule has 0 aromatic heterocycles. The van der Waals surface area contributed by atoms with Crippen molar-refractivity contribution in [1.29, 1.82) is 0 Å². The van der Waals surface area contributed by atoms with Gasteiger partial charge in [0.1, 0.15) is 0 Å². The van der Waals surface area contributed by atoms with Crippen LogP contribution in [0.5, 0.6) is 0 Å². The van der Waals surface area contributed by atoms with Crippen LogP contribution < -0.4 is 0 Å². The van der Waals surface area contributed by atoms with Gasteiger partial charge in [-0.15, -0.1) is 0 Å². The van der Waals surface area contributed by atoms with E-state index in [0.717, 1.165) is 32.1 Å². The van der Waals surface area contributed by atoms with E-state index in [2.05, 4.69) is 20.8 Å². The van der Waals surface area contributed by atoms with E-state index < -0.39 is 0 Å². The minimum atomic E-state index is -0.221. The number of unbranched alkanes of at least 4 members (excludes halogenated alkanes) is 3. The van der Waals surface area contributed by atoms with Gasteiger partial charge in [-0.25, -0.2) is 4.79 Å². The van der Waals surface area contributed by atoms with E-state index in [0.29, 0.717) is 18.9 Å². The van der Waals surface area contributed by atoms with Crippen molar-refractivity contribution in [3.05, 3.63) is 0 Å². The fraction of sp³-hybridized carbons (Fsp3) is 0.929. The first-order chi connectivity index (χ1) is 8.24. The number of carbonyl (C=O) groups excluding carboxylic acids is 1. The van der Waals surface area contributed by atoms with E-state index >= 15 is 0 Å². The summed E-state index contributed by atoms with van der Waals surface area (Å²) < 4.78 is 0. The standard InChI is InChI=1S/C14H28O3/c1-4-7-8-9-11-16-17-14(15)12-13(6-3)10-5-2/h13H,4-12H2,1-3H3. The average Bonchev–Trinajstić information content (AvgIpc) is 2.33. The maximum Gasteiger partial charge on any atom is 0.342 e. The third-order valence-corrected chi connectivity index (χ3v) is 2.96. The quantitative estimate of drug-likeness (QED) is 0.309. The minimum absolute atomic E-state index is 0.221. The first-order valence-corrected chi connectivity index (χ1v) is 7.06. The maximum atomic E-state index is 11.4. The summed E-state index contributed by atoms with van der Waals surface area (Å²) in [5.74, 6) is 0.219. The summed E-state index contributed by atoms with van der Waals surface area (Å²) in [4.78, 5) is 21.1. The van der Waals surface area contributed by atoms with E-state index in [1.165, 1.54) is 12.8 Å². The molecule has 1 unspecified atom stereocenters. The molecule has 0 aromatic carbocycles. The van der Waals surface area contributed by atoms with E-state index in [4.69, 9.17) is 9.78 Å². The van der Waals surface area contributed by atoms with Gasteiger partial charge in [-0.3, -0.25) is 4.89 Å². The molecule has 102 valence electrons. The van der Waals surface area contributed by atoms with E-state index in [1.54, 1.807) is 0 Å². The van der Waals surface area contributed by atoms with Crippen LogP contribution in [-0.2, 0) is 14.6 Å². The Morgan fingerprint density at radius 1 is 1.06 bits per heavy atom. The van der Waals surface area contributed by atoms with Crippen molar-refractivity contribution in [3.8, 4) is 0 Å². The zero-order valence-electron chi connectivity index (χ0n) is 11.7. The molecule has 0 radical (unpaired) electrons. The Labute approximate surface area is 106 Å². The molecule has 0 N–H and O–H groups in total. The first kappa shape index (κ1) is 16.4. The van der Waals surface area contributed by atoms with E-state index in [1.807, 2.05) is 0 Å². The highest BCUT2D eigenvalue weighted by molar-refractivity contribution is 5.68. The zero-order chi connectivity index (χ0) is 12.9. The Kier molecular flexibility index (Phi) is 11.5. The van der Waals surface area contributed by atoms with Crippen LogP contribution in [0.3, 0.4) is 0 Å². The van der Waals surface area contributed by atoms with Crippen LogP contribution in [0, 0.1) is 5.92 Å². The first-order valence-electron chi connectivity index (χ1n) is 7.06. The lowest BCUT2D eigenvalue weighted by molar-refractivity contribution is -0.273. The van der Waals surface area contributed by atoms with Gasteiger partial charge in [0.2, 0.25) is 0 Å². The van der Waals surface area contributed by atoms with Crippen LogP contribution in [0.4, 0.5) is 0 Å². The average molecular weight is 244 g/mol. The van der Waals surface area contributed by atoms with Crippen LogP contribution in [0.2, 0.25) is 0 Å². The summed E-state index contributed by atoms with van der Waals surface area (Å²) in [6, 6.07) is 0. The summed E-state index contributed by atoms with van der Waals surface area (Å²) in [6.45, 7) is 6.94. The van der Waals surface area contributed by atoms with Gasteiger partial charge in [0, 0.05) is 0 Å². The molecule has 0 bridgehead atoms. The number of rotatable bonds is 11. The molecule has 0 fully saturated rings. The molecule has 0 rings (SSSR count). The van der Waals surface area contributed by atoms with Crippen LogP contribution >= 0.6 is 0 Å². The van der Waals surface area contributed by atoms with Crippen LogP contribution in [0.15, 0.2) is 0 Å².